The number of ether oxygens (including phenoxy) is 1. The fourth-order valence-electron chi connectivity index (χ4n) is 2.37. The van der Waals surface area contributed by atoms with Gasteiger partial charge in [-0.25, -0.2) is 4.39 Å². The SMILES string of the molecule is CCNC(=O)C1COCCN1Cc1cccc(C#N)c1F. The normalized spacial score (nSPS) is 19.0. The van der Waals surface area contributed by atoms with Gasteiger partial charge in [0.25, 0.3) is 0 Å². The molecule has 0 radical (unpaired) electrons. The van der Waals surface area contributed by atoms with Crippen LogP contribution in [0.1, 0.15) is 18.1 Å². The second-order valence-corrected chi connectivity index (χ2v) is 4.85. The Morgan fingerprint density at radius 3 is 3.14 bits per heavy atom. The van der Waals surface area contributed by atoms with Crippen LogP contribution in [0.5, 0.6) is 0 Å². The van der Waals surface area contributed by atoms with Crippen molar-refractivity contribution in [3.63, 3.8) is 0 Å². The molecule has 1 aromatic carbocycles. The highest BCUT2D eigenvalue weighted by Gasteiger charge is 2.29. The summed E-state index contributed by atoms with van der Waals surface area (Å²) in [5.41, 5.74) is 0.445. The molecule has 1 saturated heterocycles. The average Bonchev–Trinajstić information content (AvgIpc) is 2.50. The van der Waals surface area contributed by atoms with Gasteiger partial charge >= 0.3 is 0 Å². The minimum Gasteiger partial charge on any atom is -0.378 e. The van der Waals surface area contributed by atoms with Gasteiger partial charge in [0.15, 0.2) is 0 Å². The number of hydrogen-bond acceptors (Lipinski definition) is 4. The van der Waals surface area contributed by atoms with Crippen LogP contribution in [0.2, 0.25) is 0 Å². The summed E-state index contributed by atoms with van der Waals surface area (Å²) in [5, 5.41) is 11.6. The largest absolute Gasteiger partial charge is 0.378 e. The topological polar surface area (TPSA) is 65.4 Å². The lowest BCUT2D eigenvalue weighted by Gasteiger charge is -2.34. The van der Waals surface area contributed by atoms with Crippen molar-refractivity contribution in [1.29, 1.82) is 5.26 Å². The molecule has 0 bridgehead atoms. The molecule has 112 valence electrons. The molecule has 21 heavy (non-hydrogen) atoms. The monoisotopic (exact) mass is 291 g/mol. The molecule has 1 heterocycles. The van der Waals surface area contributed by atoms with Crippen molar-refractivity contribution >= 4 is 5.91 Å². The summed E-state index contributed by atoms with van der Waals surface area (Å²) in [7, 11) is 0. The Labute approximate surface area is 123 Å². The number of morpholine rings is 1. The Bertz CT molecular complexity index is 556. The van der Waals surface area contributed by atoms with Crippen molar-refractivity contribution in [2.75, 3.05) is 26.3 Å². The van der Waals surface area contributed by atoms with Crippen molar-refractivity contribution < 1.29 is 13.9 Å². The number of nitrogens with zero attached hydrogens (tertiary/aromatic N) is 2. The predicted molar refractivity (Wildman–Crippen MR) is 74.8 cm³/mol. The molecule has 1 aliphatic heterocycles. The zero-order valence-electron chi connectivity index (χ0n) is 11.9. The number of benzene rings is 1. The van der Waals surface area contributed by atoms with Crippen LogP contribution in [0.4, 0.5) is 4.39 Å². The molecule has 5 nitrogen and oxygen atoms in total. The van der Waals surface area contributed by atoms with E-state index in [1.807, 2.05) is 17.9 Å². The van der Waals surface area contributed by atoms with Gasteiger partial charge in [0.05, 0.1) is 18.8 Å². The number of amides is 1. The van der Waals surface area contributed by atoms with E-state index in [1.165, 1.54) is 6.07 Å². The minimum absolute atomic E-state index is 0.0234. The molecule has 0 saturated carbocycles. The second-order valence-electron chi connectivity index (χ2n) is 4.85. The summed E-state index contributed by atoms with van der Waals surface area (Å²) in [5.74, 6) is -0.629. The van der Waals surface area contributed by atoms with Gasteiger partial charge in [-0.15, -0.1) is 0 Å². The molecule has 1 N–H and O–H groups in total. The van der Waals surface area contributed by atoms with Gasteiger partial charge in [-0.05, 0) is 13.0 Å². The Morgan fingerprint density at radius 2 is 2.43 bits per heavy atom. The molecule has 0 aliphatic carbocycles. The third-order valence-electron chi connectivity index (χ3n) is 3.47. The molecule has 1 unspecified atom stereocenters. The fourth-order valence-corrected chi connectivity index (χ4v) is 2.37. The van der Waals surface area contributed by atoms with Crippen LogP contribution in [0, 0.1) is 17.1 Å². The van der Waals surface area contributed by atoms with E-state index in [-0.39, 0.29) is 18.0 Å². The third kappa shape index (κ3) is 3.57. The van der Waals surface area contributed by atoms with E-state index >= 15 is 0 Å². The van der Waals surface area contributed by atoms with Gasteiger partial charge in [-0.2, -0.15) is 5.26 Å². The van der Waals surface area contributed by atoms with E-state index in [9.17, 15) is 9.18 Å². The number of likely N-dealkylation sites (N-methyl/N-ethyl adjacent to an activating group) is 1. The van der Waals surface area contributed by atoms with Crippen molar-refractivity contribution in [2.45, 2.75) is 19.5 Å². The van der Waals surface area contributed by atoms with Crippen molar-refractivity contribution in [3.05, 3.63) is 35.1 Å². The molecule has 2 rings (SSSR count). The molecular weight excluding hydrogens is 273 g/mol. The van der Waals surface area contributed by atoms with E-state index in [0.717, 1.165) is 0 Å². The van der Waals surface area contributed by atoms with Gasteiger partial charge < -0.3 is 10.1 Å². The highest BCUT2D eigenvalue weighted by atomic mass is 19.1. The first-order chi connectivity index (χ1) is 10.2. The quantitative estimate of drug-likeness (QED) is 0.900. The first-order valence-electron chi connectivity index (χ1n) is 6.94. The first-order valence-corrected chi connectivity index (χ1v) is 6.94. The number of nitrogens with one attached hydrogen (secondary N) is 1. The van der Waals surface area contributed by atoms with Gasteiger partial charge in [0, 0.05) is 25.2 Å². The number of nitriles is 1. The Hall–Kier alpha value is -1.97. The maximum atomic E-state index is 14.1. The lowest BCUT2D eigenvalue weighted by atomic mass is 10.1. The molecule has 1 atom stereocenters. The van der Waals surface area contributed by atoms with Crippen LogP contribution in [0.25, 0.3) is 0 Å². The van der Waals surface area contributed by atoms with Crippen LogP contribution in [-0.2, 0) is 16.1 Å². The minimum atomic E-state index is -0.513. The van der Waals surface area contributed by atoms with Gasteiger partial charge in [-0.3, -0.25) is 9.69 Å². The van der Waals surface area contributed by atoms with E-state index in [1.54, 1.807) is 12.1 Å². The van der Waals surface area contributed by atoms with Gasteiger partial charge in [-0.1, -0.05) is 12.1 Å². The predicted octanol–water partition coefficient (Wildman–Crippen LogP) is 1.03. The van der Waals surface area contributed by atoms with Crippen molar-refractivity contribution in [2.24, 2.45) is 0 Å². The zero-order chi connectivity index (χ0) is 15.2. The molecular formula is C15H18FN3O2. The summed E-state index contributed by atoms with van der Waals surface area (Å²) in [6.45, 7) is 4.04. The summed E-state index contributed by atoms with van der Waals surface area (Å²) < 4.78 is 19.5. The van der Waals surface area contributed by atoms with Crippen LogP contribution < -0.4 is 5.32 Å². The molecule has 1 fully saturated rings. The van der Waals surface area contributed by atoms with Crippen molar-refractivity contribution in [1.82, 2.24) is 10.2 Å². The molecule has 1 amide bonds. The highest BCUT2D eigenvalue weighted by Crippen LogP contribution is 2.17. The van der Waals surface area contributed by atoms with E-state index in [4.69, 9.17) is 10.00 Å². The van der Waals surface area contributed by atoms with Crippen LogP contribution >= 0.6 is 0 Å². The Morgan fingerprint density at radius 1 is 1.62 bits per heavy atom. The third-order valence-corrected chi connectivity index (χ3v) is 3.47. The standard InChI is InChI=1S/C15H18FN3O2/c1-2-18-15(20)13-10-21-7-6-19(13)9-12-5-3-4-11(8-17)14(12)16/h3-5,13H,2,6-7,9-10H2,1H3,(H,18,20). The number of carbonyl (C=O) groups excluding carboxylic acids is 1. The maximum Gasteiger partial charge on any atom is 0.239 e. The number of hydrogen-bond donors (Lipinski definition) is 1. The number of halogens is 1. The van der Waals surface area contributed by atoms with Gasteiger partial charge in [0.2, 0.25) is 5.91 Å². The summed E-state index contributed by atoms with van der Waals surface area (Å²) in [4.78, 5) is 13.9. The lowest BCUT2D eigenvalue weighted by molar-refractivity contribution is -0.132. The highest BCUT2D eigenvalue weighted by molar-refractivity contribution is 5.81. The Balaban J connectivity index is 2.16. The van der Waals surface area contributed by atoms with E-state index in [0.29, 0.717) is 31.9 Å². The molecule has 1 aliphatic rings. The van der Waals surface area contributed by atoms with Crippen LogP contribution in [0.3, 0.4) is 0 Å². The average molecular weight is 291 g/mol. The number of carbonyl (C=O) groups is 1. The van der Waals surface area contributed by atoms with Crippen LogP contribution in [0.15, 0.2) is 18.2 Å². The van der Waals surface area contributed by atoms with E-state index in [2.05, 4.69) is 5.32 Å². The van der Waals surface area contributed by atoms with Crippen molar-refractivity contribution in [3.8, 4) is 6.07 Å². The second kappa shape index (κ2) is 7.16. The summed E-state index contributed by atoms with van der Waals surface area (Å²) in [6.07, 6.45) is 0. The number of rotatable bonds is 4. The van der Waals surface area contributed by atoms with E-state index < -0.39 is 11.9 Å². The molecule has 0 aromatic heterocycles. The van der Waals surface area contributed by atoms with Crippen LogP contribution in [-0.4, -0.2) is 43.2 Å². The first kappa shape index (κ1) is 15.4. The van der Waals surface area contributed by atoms with Gasteiger partial charge in [0.1, 0.15) is 17.9 Å². The maximum absolute atomic E-state index is 14.1. The molecule has 1 aromatic rings. The fraction of sp³-hybridized carbons (Fsp3) is 0.467. The smallest absolute Gasteiger partial charge is 0.239 e. The summed E-state index contributed by atoms with van der Waals surface area (Å²) in [6, 6.07) is 6.14. The zero-order valence-corrected chi connectivity index (χ0v) is 11.9. The molecule has 6 heteroatoms. The Kier molecular flexibility index (Phi) is 5.26. The lowest BCUT2D eigenvalue weighted by Crippen LogP contribution is -2.53. The summed E-state index contributed by atoms with van der Waals surface area (Å²) >= 11 is 0. The molecule has 0 spiro atoms.